The van der Waals surface area contributed by atoms with Gasteiger partial charge in [0.15, 0.2) is 5.79 Å². The van der Waals surface area contributed by atoms with Gasteiger partial charge in [0.2, 0.25) is 0 Å². The highest BCUT2D eigenvalue weighted by Gasteiger charge is 2.34. The monoisotopic (exact) mass is 188 g/mol. The van der Waals surface area contributed by atoms with Crippen molar-refractivity contribution in [2.24, 2.45) is 0 Å². The number of hydrogen-bond acceptors (Lipinski definition) is 2. The molecule has 0 aliphatic carbocycles. The molecule has 1 rings (SSSR count). The van der Waals surface area contributed by atoms with Crippen LogP contribution in [0.1, 0.15) is 53.4 Å². The summed E-state index contributed by atoms with van der Waals surface area (Å²) in [6, 6.07) is 0. The zero-order valence-corrected chi connectivity index (χ0v) is 9.56. The Hall–Kier alpha value is -0.0800. The van der Waals surface area contributed by atoms with Gasteiger partial charge < -0.3 is 9.47 Å². The third kappa shape index (κ3) is 4.10. The quantitative estimate of drug-likeness (QED) is 0.673. The van der Waals surface area contributed by atoms with Crippen LogP contribution in [-0.4, -0.2) is 19.0 Å². The molecule has 0 unspecified atom stereocenters. The molecular weight excluding hydrogens is 164 g/mol. The van der Waals surface area contributed by atoms with Crippen molar-refractivity contribution >= 4 is 0 Å². The Balaban J connectivity index is 0.000000671. The molecule has 0 aromatic rings. The average molecular weight is 188 g/mol. The normalized spacial score (nSPS) is 19.4. The Kier molecular flexibility index (Phi) is 7.29. The molecule has 1 aliphatic rings. The summed E-state index contributed by atoms with van der Waals surface area (Å²) >= 11 is 0. The Labute approximate surface area is 82.6 Å². The first-order valence-corrected chi connectivity index (χ1v) is 5.61. The van der Waals surface area contributed by atoms with Crippen molar-refractivity contribution in [1.82, 2.24) is 0 Å². The Morgan fingerprint density at radius 2 is 1.31 bits per heavy atom. The molecule has 1 saturated heterocycles. The molecule has 1 fully saturated rings. The van der Waals surface area contributed by atoms with Crippen LogP contribution in [0.3, 0.4) is 0 Å². The van der Waals surface area contributed by atoms with Crippen molar-refractivity contribution in [2.45, 2.75) is 59.2 Å². The van der Waals surface area contributed by atoms with Crippen LogP contribution in [0.2, 0.25) is 0 Å². The molecule has 0 N–H and O–H groups in total. The molecule has 0 spiro atoms. The van der Waals surface area contributed by atoms with E-state index in [0.29, 0.717) is 0 Å². The summed E-state index contributed by atoms with van der Waals surface area (Å²) in [5, 5.41) is 0. The lowest BCUT2D eigenvalue weighted by atomic mass is 10.1. The fourth-order valence-electron chi connectivity index (χ4n) is 1.67. The topological polar surface area (TPSA) is 18.5 Å². The van der Waals surface area contributed by atoms with Crippen LogP contribution in [-0.2, 0) is 9.47 Å². The number of rotatable bonds is 4. The van der Waals surface area contributed by atoms with E-state index in [1.165, 1.54) is 0 Å². The molecule has 0 aromatic heterocycles. The van der Waals surface area contributed by atoms with Gasteiger partial charge in [-0.3, -0.25) is 0 Å². The van der Waals surface area contributed by atoms with Crippen LogP contribution in [0, 0.1) is 0 Å². The van der Waals surface area contributed by atoms with Gasteiger partial charge in [0.1, 0.15) is 0 Å². The molecule has 0 amide bonds. The largest absolute Gasteiger partial charge is 0.348 e. The van der Waals surface area contributed by atoms with Crippen molar-refractivity contribution in [2.75, 3.05) is 13.2 Å². The first-order chi connectivity index (χ1) is 6.33. The van der Waals surface area contributed by atoms with Crippen molar-refractivity contribution in [3.05, 3.63) is 0 Å². The Morgan fingerprint density at radius 1 is 0.923 bits per heavy atom. The van der Waals surface area contributed by atoms with E-state index < -0.39 is 0 Å². The van der Waals surface area contributed by atoms with Crippen LogP contribution in [0.5, 0.6) is 0 Å². The van der Waals surface area contributed by atoms with Crippen LogP contribution < -0.4 is 0 Å². The molecule has 13 heavy (non-hydrogen) atoms. The highest BCUT2D eigenvalue weighted by atomic mass is 16.7. The maximum atomic E-state index is 5.60. The summed E-state index contributed by atoms with van der Waals surface area (Å²) in [5.74, 6) is -0.205. The lowest BCUT2D eigenvalue weighted by Crippen LogP contribution is -2.29. The number of ether oxygens (including phenoxy) is 2. The minimum Gasteiger partial charge on any atom is -0.348 e. The molecule has 0 radical (unpaired) electrons. The molecule has 0 bridgehead atoms. The molecule has 1 heterocycles. The molecule has 2 heteroatoms. The Morgan fingerprint density at radius 3 is 1.62 bits per heavy atom. The van der Waals surface area contributed by atoms with E-state index in [4.69, 9.17) is 9.47 Å². The predicted octanol–water partition coefficient (Wildman–Crippen LogP) is 3.36. The van der Waals surface area contributed by atoms with Gasteiger partial charge in [0, 0.05) is 12.8 Å². The SMILES string of the molecule is CC.CCCC1(CCC)OCCO1. The van der Waals surface area contributed by atoms with Gasteiger partial charge in [-0.15, -0.1) is 0 Å². The van der Waals surface area contributed by atoms with Gasteiger partial charge in [-0.2, -0.15) is 0 Å². The lowest BCUT2D eigenvalue weighted by Gasteiger charge is -2.26. The van der Waals surface area contributed by atoms with Crippen LogP contribution in [0.25, 0.3) is 0 Å². The lowest BCUT2D eigenvalue weighted by molar-refractivity contribution is -0.167. The minimum absolute atomic E-state index is 0.205. The Bertz CT molecular complexity index is 98.7. The molecule has 0 aromatic carbocycles. The number of hydrogen-bond donors (Lipinski definition) is 0. The van der Waals surface area contributed by atoms with Crippen molar-refractivity contribution in [3.63, 3.8) is 0 Å². The standard InChI is InChI=1S/C9H18O2.C2H6/c1-3-5-9(6-4-2)10-7-8-11-9;1-2/h3-8H2,1-2H3;1-2H3. The molecule has 80 valence electrons. The van der Waals surface area contributed by atoms with Crippen molar-refractivity contribution < 1.29 is 9.47 Å². The maximum Gasteiger partial charge on any atom is 0.168 e. The molecule has 1 aliphatic heterocycles. The zero-order valence-electron chi connectivity index (χ0n) is 9.56. The van der Waals surface area contributed by atoms with E-state index in [0.717, 1.165) is 38.9 Å². The summed E-state index contributed by atoms with van der Waals surface area (Å²) in [7, 11) is 0. The van der Waals surface area contributed by atoms with E-state index in [-0.39, 0.29) is 5.79 Å². The van der Waals surface area contributed by atoms with E-state index in [1.807, 2.05) is 13.8 Å². The summed E-state index contributed by atoms with van der Waals surface area (Å²) in [5.41, 5.74) is 0. The summed E-state index contributed by atoms with van der Waals surface area (Å²) in [6.07, 6.45) is 4.36. The highest BCUT2D eigenvalue weighted by Crippen LogP contribution is 2.29. The van der Waals surface area contributed by atoms with Crippen LogP contribution >= 0.6 is 0 Å². The van der Waals surface area contributed by atoms with Crippen molar-refractivity contribution in [3.8, 4) is 0 Å². The second-order valence-corrected chi connectivity index (χ2v) is 3.11. The highest BCUT2D eigenvalue weighted by molar-refractivity contribution is 4.72. The van der Waals surface area contributed by atoms with Crippen LogP contribution in [0.15, 0.2) is 0 Å². The first kappa shape index (κ1) is 12.9. The molecule has 2 nitrogen and oxygen atoms in total. The van der Waals surface area contributed by atoms with Gasteiger partial charge in [0.05, 0.1) is 13.2 Å². The van der Waals surface area contributed by atoms with Gasteiger partial charge in [-0.25, -0.2) is 0 Å². The molecule has 0 atom stereocenters. The molecular formula is C11H24O2. The fourth-order valence-corrected chi connectivity index (χ4v) is 1.67. The van der Waals surface area contributed by atoms with Gasteiger partial charge >= 0.3 is 0 Å². The minimum atomic E-state index is -0.205. The predicted molar refractivity (Wildman–Crippen MR) is 55.8 cm³/mol. The zero-order chi connectivity index (χ0) is 10.2. The second-order valence-electron chi connectivity index (χ2n) is 3.11. The van der Waals surface area contributed by atoms with Gasteiger partial charge in [-0.05, 0) is 0 Å². The third-order valence-corrected chi connectivity index (χ3v) is 2.08. The van der Waals surface area contributed by atoms with Gasteiger partial charge in [-0.1, -0.05) is 40.5 Å². The summed E-state index contributed by atoms with van der Waals surface area (Å²) < 4.78 is 11.2. The molecule has 0 saturated carbocycles. The van der Waals surface area contributed by atoms with Gasteiger partial charge in [0.25, 0.3) is 0 Å². The average Bonchev–Trinajstić information content (AvgIpc) is 2.58. The second kappa shape index (κ2) is 7.34. The summed E-state index contributed by atoms with van der Waals surface area (Å²) in [6.45, 7) is 9.89. The van der Waals surface area contributed by atoms with E-state index in [1.54, 1.807) is 0 Å². The fraction of sp³-hybridized carbons (Fsp3) is 1.00. The third-order valence-electron chi connectivity index (χ3n) is 2.08. The van der Waals surface area contributed by atoms with Crippen LogP contribution in [0.4, 0.5) is 0 Å². The maximum absolute atomic E-state index is 5.60. The smallest absolute Gasteiger partial charge is 0.168 e. The summed E-state index contributed by atoms with van der Waals surface area (Å²) in [4.78, 5) is 0. The van der Waals surface area contributed by atoms with E-state index in [2.05, 4.69) is 13.8 Å². The van der Waals surface area contributed by atoms with Crippen molar-refractivity contribution in [1.29, 1.82) is 0 Å². The first-order valence-electron chi connectivity index (χ1n) is 5.61. The van der Waals surface area contributed by atoms with E-state index >= 15 is 0 Å². The van der Waals surface area contributed by atoms with E-state index in [9.17, 15) is 0 Å².